The second-order valence-electron chi connectivity index (χ2n) is 2.93. The maximum absolute atomic E-state index is 5.31. The third kappa shape index (κ3) is 1.73. The highest BCUT2D eigenvalue weighted by Gasteiger charge is 1.97. The van der Waals surface area contributed by atoms with E-state index in [9.17, 15) is 0 Å². The van der Waals surface area contributed by atoms with Gasteiger partial charge >= 0.3 is 0 Å². The molecule has 1 aromatic heterocycles. The van der Waals surface area contributed by atoms with E-state index >= 15 is 0 Å². The van der Waals surface area contributed by atoms with Gasteiger partial charge < -0.3 is 9.15 Å². The summed E-state index contributed by atoms with van der Waals surface area (Å²) in [7, 11) is 0. The topological polar surface area (TPSA) is 22.4 Å². The molecule has 2 nitrogen and oxygen atoms in total. The van der Waals surface area contributed by atoms with Gasteiger partial charge in [0.2, 0.25) is 0 Å². The van der Waals surface area contributed by atoms with Gasteiger partial charge in [0.1, 0.15) is 5.58 Å². The number of benzene rings is 1. The minimum absolute atomic E-state index is 0.678. The summed E-state index contributed by atoms with van der Waals surface area (Å²) in [6, 6.07) is 8.06. The first-order valence-corrected chi connectivity index (χ1v) is 4.44. The summed E-state index contributed by atoms with van der Waals surface area (Å²) in [5, 5.41) is 1.14. The summed E-state index contributed by atoms with van der Waals surface area (Å²) in [6.45, 7) is 3.43. The third-order valence-electron chi connectivity index (χ3n) is 1.99. The molecular weight excluding hydrogens is 164 g/mol. The fourth-order valence-electron chi connectivity index (χ4n) is 1.33. The van der Waals surface area contributed by atoms with Crippen molar-refractivity contribution in [3.63, 3.8) is 0 Å². The molecule has 0 aliphatic carbocycles. The first-order chi connectivity index (χ1) is 6.40. The lowest BCUT2D eigenvalue weighted by Gasteiger charge is -2.00. The van der Waals surface area contributed by atoms with Crippen LogP contribution in [0.3, 0.4) is 0 Å². The van der Waals surface area contributed by atoms with Gasteiger partial charge in [-0.05, 0) is 30.7 Å². The van der Waals surface area contributed by atoms with Gasteiger partial charge in [0.05, 0.1) is 12.9 Å². The lowest BCUT2D eigenvalue weighted by atomic mass is 10.2. The van der Waals surface area contributed by atoms with Crippen molar-refractivity contribution < 1.29 is 9.15 Å². The summed E-state index contributed by atoms with van der Waals surface area (Å²) in [4.78, 5) is 0. The second-order valence-corrected chi connectivity index (χ2v) is 2.93. The summed E-state index contributed by atoms with van der Waals surface area (Å²) in [5.41, 5.74) is 2.12. The summed E-state index contributed by atoms with van der Waals surface area (Å²) < 4.78 is 10.6. The Balaban J connectivity index is 2.26. The standard InChI is InChI=1S/C11H12O2/c1-2-12-8-9-3-4-11-10(7-9)5-6-13-11/h3-7H,2,8H2,1H3. The van der Waals surface area contributed by atoms with Gasteiger partial charge in [-0.2, -0.15) is 0 Å². The normalized spacial score (nSPS) is 10.8. The lowest BCUT2D eigenvalue weighted by molar-refractivity contribution is 0.134. The van der Waals surface area contributed by atoms with Gasteiger partial charge in [-0.1, -0.05) is 6.07 Å². The Morgan fingerprint density at radius 3 is 3.08 bits per heavy atom. The van der Waals surface area contributed by atoms with Crippen LogP contribution in [-0.4, -0.2) is 6.61 Å². The highest BCUT2D eigenvalue weighted by atomic mass is 16.5. The van der Waals surface area contributed by atoms with Crippen LogP contribution in [0.5, 0.6) is 0 Å². The van der Waals surface area contributed by atoms with Crippen molar-refractivity contribution in [2.75, 3.05) is 6.61 Å². The second kappa shape index (κ2) is 3.62. The maximum Gasteiger partial charge on any atom is 0.133 e. The molecule has 0 fully saturated rings. The minimum atomic E-state index is 0.678. The van der Waals surface area contributed by atoms with E-state index in [4.69, 9.17) is 9.15 Å². The van der Waals surface area contributed by atoms with Crippen LogP contribution in [0, 0.1) is 0 Å². The zero-order chi connectivity index (χ0) is 9.10. The van der Waals surface area contributed by atoms with Crippen LogP contribution in [0.25, 0.3) is 11.0 Å². The Hall–Kier alpha value is -1.28. The van der Waals surface area contributed by atoms with Crippen LogP contribution in [0.1, 0.15) is 12.5 Å². The van der Waals surface area contributed by atoms with Crippen LogP contribution in [0.15, 0.2) is 34.9 Å². The molecule has 2 rings (SSSR count). The van der Waals surface area contributed by atoms with E-state index in [1.165, 1.54) is 5.56 Å². The van der Waals surface area contributed by atoms with Gasteiger partial charge in [-0.25, -0.2) is 0 Å². The number of fused-ring (bicyclic) bond motifs is 1. The molecule has 0 atom stereocenters. The molecule has 0 bridgehead atoms. The van der Waals surface area contributed by atoms with Crippen LogP contribution >= 0.6 is 0 Å². The van der Waals surface area contributed by atoms with Crippen molar-refractivity contribution in [3.8, 4) is 0 Å². The van der Waals surface area contributed by atoms with E-state index < -0.39 is 0 Å². The van der Waals surface area contributed by atoms with Gasteiger partial charge in [-0.3, -0.25) is 0 Å². The fourth-order valence-corrected chi connectivity index (χ4v) is 1.33. The molecule has 0 saturated heterocycles. The molecule has 0 saturated carbocycles. The first-order valence-electron chi connectivity index (χ1n) is 4.44. The predicted molar refractivity (Wildman–Crippen MR) is 51.5 cm³/mol. The highest BCUT2D eigenvalue weighted by Crippen LogP contribution is 2.17. The molecule has 0 radical (unpaired) electrons. The molecule has 2 heteroatoms. The SMILES string of the molecule is CCOCc1ccc2occc2c1. The van der Waals surface area contributed by atoms with Gasteiger partial charge in [0.25, 0.3) is 0 Å². The Morgan fingerprint density at radius 1 is 1.31 bits per heavy atom. The van der Waals surface area contributed by atoms with Crippen molar-refractivity contribution in [1.29, 1.82) is 0 Å². The molecule has 68 valence electrons. The van der Waals surface area contributed by atoms with Crippen molar-refractivity contribution in [2.24, 2.45) is 0 Å². The molecule has 0 spiro atoms. The number of furan rings is 1. The zero-order valence-electron chi connectivity index (χ0n) is 7.62. The Bertz CT molecular complexity index is 390. The Kier molecular flexibility index (Phi) is 2.32. The van der Waals surface area contributed by atoms with E-state index in [-0.39, 0.29) is 0 Å². The number of hydrogen-bond acceptors (Lipinski definition) is 2. The van der Waals surface area contributed by atoms with Gasteiger partial charge in [0, 0.05) is 12.0 Å². The van der Waals surface area contributed by atoms with E-state index in [1.54, 1.807) is 6.26 Å². The van der Waals surface area contributed by atoms with Crippen LogP contribution < -0.4 is 0 Å². The monoisotopic (exact) mass is 176 g/mol. The van der Waals surface area contributed by atoms with Gasteiger partial charge in [-0.15, -0.1) is 0 Å². The molecule has 1 aromatic carbocycles. The molecule has 0 aliphatic rings. The smallest absolute Gasteiger partial charge is 0.133 e. The number of hydrogen-bond donors (Lipinski definition) is 0. The third-order valence-corrected chi connectivity index (χ3v) is 1.99. The fraction of sp³-hybridized carbons (Fsp3) is 0.273. The van der Waals surface area contributed by atoms with Gasteiger partial charge in [0.15, 0.2) is 0 Å². The summed E-state index contributed by atoms with van der Waals surface area (Å²) in [5.74, 6) is 0. The van der Waals surface area contributed by atoms with Crippen molar-refractivity contribution >= 4 is 11.0 Å². The quantitative estimate of drug-likeness (QED) is 0.717. The summed E-state index contributed by atoms with van der Waals surface area (Å²) in [6.07, 6.45) is 1.70. The molecule has 1 heterocycles. The van der Waals surface area contributed by atoms with Crippen LogP contribution in [0.4, 0.5) is 0 Å². The van der Waals surface area contributed by atoms with E-state index in [0.717, 1.165) is 17.6 Å². The molecule has 0 unspecified atom stereocenters. The molecule has 13 heavy (non-hydrogen) atoms. The maximum atomic E-state index is 5.31. The molecule has 0 N–H and O–H groups in total. The Labute approximate surface area is 77.1 Å². The minimum Gasteiger partial charge on any atom is -0.464 e. The van der Waals surface area contributed by atoms with Crippen molar-refractivity contribution in [1.82, 2.24) is 0 Å². The Morgan fingerprint density at radius 2 is 2.23 bits per heavy atom. The molecule has 0 aliphatic heterocycles. The lowest BCUT2D eigenvalue weighted by Crippen LogP contribution is -1.90. The average Bonchev–Trinajstić information content (AvgIpc) is 2.61. The zero-order valence-corrected chi connectivity index (χ0v) is 7.62. The number of ether oxygens (including phenoxy) is 1. The predicted octanol–water partition coefficient (Wildman–Crippen LogP) is 2.97. The highest BCUT2D eigenvalue weighted by molar-refractivity contribution is 5.77. The van der Waals surface area contributed by atoms with E-state index in [1.807, 2.05) is 25.1 Å². The molecule has 2 aromatic rings. The number of rotatable bonds is 3. The molecular formula is C11H12O2. The first kappa shape index (κ1) is 8.32. The van der Waals surface area contributed by atoms with E-state index in [2.05, 4.69) is 6.07 Å². The molecule has 0 amide bonds. The summed E-state index contributed by atoms with van der Waals surface area (Å²) >= 11 is 0. The van der Waals surface area contributed by atoms with Crippen molar-refractivity contribution in [3.05, 3.63) is 36.1 Å². The van der Waals surface area contributed by atoms with Crippen molar-refractivity contribution in [2.45, 2.75) is 13.5 Å². The van der Waals surface area contributed by atoms with E-state index in [0.29, 0.717) is 6.61 Å². The van der Waals surface area contributed by atoms with Crippen LogP contribution in [-0.2, 0) is 11.3 Å². The van der Waals surface area contributed by atoms with Crippen LogP contribution in [0.2, 0.25) is 0 Å². The largest absolute Gasteiger partial charge is 0.464 e. The average molecular weight is 176 g/mol.